The summed E-state index contributed by atoms with van der Waals surface area (Å²) in [6.45, 7) is 2.34. The SMILES string of the molecule is COc1ccc(C(NN)C2CCC(C)CC2)cc1Br. The first-order valence-electron chi connectivity index (χ1n) is 6.95. The molecule has 1 aromatic rings. The molecule has 0 saturated heterocycles. The number of nitrogens with one attached hydrogen (secondary N) is 1. The lowest BCUT2D eigenvalue weighted by atomic mass is 9.77. The van der Waals surface area contributed by atoms with Crippen LogP contribution in [-0.2, 0) is 0 Å². The Hall–Kier alpha value is -0.580. The molecule has 0 amide bonds. The third-order valence-electron chi connectivity index (χ3n) is 4.25. The Morgan fingerprint density at radius 2 is 2.00 bits per heavy atom. The average Bonchev–Trinajstić information content (AvgIpc) is 2.42. The first kappa shape index (κ1) is 14.8. The maximum atomic E-state index is 5.79. The molecule has 1 aliphatic carbocycles. The molecule has 3 nitrogen and oxygen atoms in total. The smallest absolute Gasteiger partial charge is 0.133 e. The van der Waals surface area contributed by atoms with Gasteiger partial charge in [-0.05, 0) is 58.3 Å². The van der Waals surface area contributed by atoms with E-state index in [1.54, 1.807) is 7.11 Å². The van der Waals surface area contributed by atoms with Crippen LogP contribution in [-0.4, -0.2) is 7.11 Å². The molecule has 4 heteroatoms. The van der Waals surface area contributed by atoms with Crippen molar-refractivity contribution in [2.45, 2.75) is 38.6 Å². The summed E-state index contributed by atoms with van der Waals surface area (Å²) in [6, 6.07) is 6.44. The molecule has 1 fully saturated rings. The van der Waals surface area contributed by atoms with Gasteiger partial charge in [-0.2, -0.15) is 0 Å². The van der Waals surface area contributed by atoms with Gasteiger partial charge in [0, 0.05) is 6.04 Å². The number of hydrogen-bond donors (Lipinski definition) is 2. The van der Waals surface area contributed by atoms with E-state index in [0.717, 1.165) is 16.1 Å². The monoisotopic (exact) mass is 326 g/mol. The molecule has 1 aromatic carbocycles. The summed E-state index contributed by atoms with van der Waals surface area (Å²) in [7, 11) is 1.68. The van der Waals surface area contributed by atoms with Gasteiger partial charge in [0.2, 0.25) is 0 Å². The van der Waals surface area contributed by atoms with Crippen molar-refractivity contribution >= 4 is 15.9 Å². The standard InChI is InChI=1S/C15H23BrN2O/c1-10-3-5-11(6-4-10)15(18-17)12-7-8-14(19-2)13(16)9-12/h7-11,15,18H,3-6,17H2,1-2H3. The number of hydrogen-bond acceptors (Lipinski definition) is 3. The number of hydrazine groups is 1. The highest BCUT2D eigenvalue weighted by Gasteiger charge is 2.26. The van der Waals surface area contributed by atoms with Gasteiger partial charge >= 0.3 is 0 Å². The van der Waals surface area contributed by atoms with Crippen LogP contribution in [0.3, 0.4) is 0 Å². The zero-order chi connectivity index (χ0) is 13.8. The maximum Gasteiger partial charge on any atom is 0.133 e. The van der Waals surface area contributed by atoms with E-state index in [-0.39, 0.29) is 6.04 Å². The first-order chi connectivity index (χ1) is 9.15. The zero-order valence-corrected chi connectivity index (χ0v) is 13.2. The van der Waals surface area contributed by atoms with E-state index in [0.29, 0.717) is 5.92 Å². The second-order valence-corrected chi connectivity index (χ2v) is 6.41. The van der Waals surface area contributed by atoms with Crippen molar-refractivity contribution in [3.8, 4) is 5.75 Å². The van der Waals surface area contributed by atoms with Crippen LogP contribution >= 0.6 is 15.9 Å². The molecule has 1 saturated carbocycles. The molecule has 0 heterocycles. The van der Waals surface area contributed by atoms with Crippen LogP contribution in [0.25, 0.3) is 0 Å². The number of nitrogens with two attached hydrogens (primary N) is 1. The van der Waals surface area contributed by atoms with E-state index < -0.39 is 0 Å². The zero-order valence-electron chi connectivity index (χ0n) is 11.7. The lowest BCUT2D eigenvalue weighted by molar-refractivity contribution is 0.232. The summed E-state index contributed by atoms with van der Waals surface area (Å²) in [4.78, 5) is 0. The highest BCUT2D eigenvalue weighted by molar-refractivity contribution is 9.10. The minimum absolute atomic E-state index is 0.231. The molecule has 0 bridgehead atoms. The van der Waals surface area contributed by atoms with Crippen molar-refractivity contribution < 1.29 is 4.74 Å². The molecule has 0 aromatic heterocycles. The van der Waals surface area contributed by atoms with Gasteiger partial charge < -0.3 is 4.74 Å². The van der Waals surface area contributed by atoms with Gasteiger partial charge in [0.05, 0.1) is 11.6 Å². The van der Waals surface area contributed by atoms with Gasteiger partial charge in [-0.15, -0.1) is 0 Å². The summed E-state index contributed by atoms with van der Waals surface area (Å²) >= 11 is 3.54. The summed E-state index contributed by atoms with van der Waals surface area (Å²) in [5.41, 5.74) is 4.24. The Morgan fingerprint density at radius 3 is 2.53 bits per heavy atom. The van der Waals surface area contributed by atoms with E-state index in [1.807, 2.05) is 6.07 Å². The molecule has 19 heavy (non-hydrogen) atoms. The van der Waals surface area contributed by atoms with Crippen LogP contribution in [0.4, 0.5) is 0 Å². The van der Waals surface area contributed by atoms with Gasteiger partial charge in [-0.25, -0.2) is 0 Å². The van der Waals surface area contributed by atoms with E-state index >= 15 is 0 Å². The molecule has 1 aliphatic rings. The molecular formula is C15H23BrN2O. The first-order valence-corrected chi connectivity index (χ1v) is 7.74. The van der Waals surface area contributed by atoms with E-state index in [2.05, 4.69) is 40.4 Å². The van der Waals surface area contributed by atoms with Crippen molar-refractivity contribution in [1.29, 1.82) is 0 Å². The second kappa shape index (κ2) is 6.73. The number of ether oxygens (including phenoxy) is 1. The maximum absolute atomic E-state index is 5.79. The van der Waals surface area contributed by atoms with Gasteiger partial charge in [-0.1, -0.05) is 25.8 Å². The number of benzene rings is 1. The topological polar surface area (TPSA) is 47.3 Å². The van der Waals surface area contributed by atoms with Crippen molar-refractivity contribution in [2.24, 2.45) is 17.7 Å². The van der Waals surface area contributed by atoms with E-state index in [4.69, 9.17) is 10.6 Å². The summed E-state index contributed by atoms with van der Waals surface area (Å²) < 4.78 is 6.26. The quantitative estimate of drug-likeness (QED) is 0.653. The third-order valence-corrected chi connectivity index (χ3v) is 4.87. The third kappa shape index (κ3) is 3.50. The summed E-state index contributed by atoms with van der Waals surface area (Å²) in [5, 5.41) is 0. The Bertz CT molecular complexity index is 417. The summed E-state index contributed by atoms with van der Waals surface area (Å²) in [5.74, 6) is 8.14. The molecular weight excluding hydrogens is 304 g/mol. The minimum atomic E-state index is 0.231. The van der Waals surface area contributed by atoms with Crippen molar-refractivity contribution in [1.82, 2.24) is 5.43 Å². The highest BCUT2D eigenvalue weighted by Crippen LogP contribution is 2.38. The molecule has 0 spiro atoms. The predicted octanol–water partition coefficient (Wildman–Crippen LogP) is 3.79. The minimum Gasteiger partial charge on any atom is -0.496 e. The van der Waals surface area contributed by atoms with Gasteiger partial charge in [0.15, 0.2) is 0 Å². The molecule has 0 aliphatic heterocycles. The lowest BCUT2D eigenvalue weighted by Crippen LogP contribution is -2.35. The van der Waals surface area contributed by atoms with Crippen LogP contribution < -0.4 is 16.0 Å². The number of methoxy groups -OCH3 is 1. The largest absolute Gasteiger partial charge is 0.496 e. The lowest BCUT2D eigenvalue weighted by Gasteiger charge is -2.32. The van der Waals surface area contributed by atoms with E-state index in [1.165, 1.54) is 31.2 Å². The molecule has 1 atom stereocenters. The molecule has 0 radical (unpaired) electrons. The fourth-order valence-electron chi connectivity index (χ4n) is 3.00. The van der Waals surface area contributed by atoms with Crippen LogP contribution in [0.15, 0.2) is 22.7 Å². The Labute approximate surface area is 124 Å². The molecule has 1 unspecified atom stereocenters. The van der Waals surface area contributed by atoms with Crippen molar-refractivity contribution in [3.05, 3.63) is 28.2 Å². The van der Waals surface area contributed by atoms with E-state index in [9.17, 15) is 0 Å². The van der Waals surface area contributed by atoms with Crippen LogP contribution in [0.5, 0.6) is 5.75 Å². The normalized spacial score (nSPS) is 25.1. The fraction of sp³-hybridized carbons (Fsp3) is 0.600. The van der Waals surface area contributed by atoms with Crippen LogP contribution in [0.1, 0.15) is 44.2 Å². The van der Waals surface area contributed by atoms with Crippen LogP contribution in [0.2, 0.25) is 0 Å². The number of halogens is 1. The fourth-order valence-corrected chi connectivity index (χ4v) is 3.56. The van der Waals surface area contributed by atoms with Crippen molar-refractivity contribution in [3.63, 3.8) is 0 Å². The predicted molar refractivity (Wildman–Crippen MR) is 81.9 cm³/mol. The van der Waals surface area contributed by atoms with Crippen molar-refractivity contribution in [2.75, 3.05) is 7.11 Å². The Kier molecular flexibility index (Phi) is 5.25. The van der Waals surface area contributed by atoms with Gasteiger partial charge in [0.1, 0.15) is 5.75 Å². The number of rotatable bonds is 4. The molecule has 2 rings (SSSR count). The Balaban J connectivity index is 2.15. The van der Waals surface area contributed by atoms with Crippen LogP contribution in [0, 0.1) is 11.8 Å². The summed E-state index contributed by atoms with van der Waals surface area (Å²) in [6.07, 6.45) is 5.11. The van der Waals surface area contributed by atoms with Gasteiger partial charge in [0.25, 0.3) is 0 Å². The average molecular weight is 327 g/mol. The van der Waals surface area contributed by atoms with Gasteiger partial charge in [-0.3, -0.25) is 11.3 Å². The highest BCUT2D eigenvalue weighted by atomic mass is 79.9. The Morgan fingerprint density at radius 1 is 1.32 bits per heavy atom. The molecule has 3 N–H and O–H groups in total. The second-order valence-electron chi connectivity index (χ2n) is 5.56. The molecule has 106 valence electrons.